The standard InChI is InChI=1S/C20H18Cl6N2O4S2/c1-3-17(13-7-5-11(27(29)30)9-15(13)19(21,22)23)33-34-18(4-2)14-8-6-12(28(31)32)10-16(14)20(24,25)26/h5-10,17-18H,3-4H2,1-2H3. The van der Waals surface area contributed by atoms with Crippen molar-refractivity contribution in [2.45, 2.75) is 44.8 Å². The lowest BCUT2D eigenvalue weighted by Crippen LogP contribution is -2.10. The first-order valence-corrected chi connectivity index (χ1v) is 14.3. The van der Waals surface area contributed by atoms with Crippen molar-refractivity contribution in [3.05, 3.63) is 78.9 Å². The maximum atomic E-state index is 11.2. The molecule has 0 spiro atoms. The van der Waals surface area contributed by atoms with Gasteiger partial charge >= 0.3 is 0 Å². The summed E-state index contributed by atoms with van der Waals surface area (Å²) in [6.45, 7) is 3.89. The topological polar surface area (TPSA) is 86.3 Å². The van der Waals surface area contributed by atoms with E-state index in [2.05, 4.69) is 0 Å². The van der Waals surface area contributed by atoms with E-state index in [0.717, 1.165) is 0 Å². The summed E-state index contributed by atoms with van der Waals surface area (Å²) < 4.78 is -3.71. The summed E-state index contributed by atoms with van der Waals surface area (Å²) in [6.07, 6.45) is 1.27. The summed E-state index contributed by atoms with van der Waals surface area (Å²) in [4.78, 5) is 21.3. The Hall–Kier alpha value is -0.320. The van der Waals surface area contributed by atoms with Gasteiger partial charge in [0.2, 0.25) is 7.59 Å². The quantitative estimate of drug-likeness (QED) is 0.119. The molecule has 2 aromatic rings. The molecule has 2 unspecified atom stereocenters. The second-order valence-electron chi connectivity index (χ2n) is 7.04. The third-order valence-corrected chi connectivity index (χ3v) is 9.53. The molecular formula is C20H18Cl6N2O4S2. The zero-order valence-electron chi connectivity index (χ0n) is 17.6. The number of hydrogen-bond donors (Lipinski definition) is 0. The second kappa shape index (κ2) is 12.3. The summed E-state index contributed by atoms with van der Waals surface area (Å²) in [7, 11) is 2.97. The number of alkyl halides is 6. The van der Waals surface area contributed by atoms with E-state index in [1.54, 1.807) is 12.1 Å². The van der Waals surface area contributed by atoms with Crippen molar-refractivity contribution in [1.82, 2.24) is 0 Å². The van der Waals surface area contributed by atoms with Gasteiger partial charge in [-0.05, 0) is 24.0 Å². The first-order valence-electron chi connectivity index (χ1n) is 9.73. The lowest BCUT2D eigenvalue weighted by atomic mass is 10.0. The fourth-order valence-corrected chi connectivity index (χ4v) is 7.57. The normalized spacial score (nSPS) is 14.0. The number of nitrogens with zero attached hydrogens (tertiary/aromatic N) is 2. The molecule has 0 aliphatic carbocycles. The van der Waals surface area contributed by atoms with Crippen molar-refractivity contribution in [1.29, 1.82) is 0 Å². The van der Waals surface area contributed by atoms with E-state index in [0.29, 0.717) is 24.0 Å². The Balaban J connectivity index is 2.41. The van der Waals surface area contributed by atoms with E-state index < -0.39 is 17.4 Å². The van der Waals surface area contributed by atoms with Gasteiger partial charge in [0.25, 0.3) is 11.4 Å². The van der Waals surface area contributed by atoms with Gasteiger partial charge in [-0.2, -0.15) is 0 Å². The van der Waals surface area contributed by atoms with Gasteiger partial charge in [-0.25, -0.2) is 0 Å². The molecule has 6 nitrogen and oxygen atoms in total. The Bertz CT molecular complexity index is 979. The third-order valence-electron chi connectivity index (χ3n) is 4.83. The van der Waals surface area contributed by atoms with Gasteiger partial charge in [0.15, 0.2) is 0 Å². The van der Waals surface area contributed by atoms with Crippen LogP contribution < -0.4 is 0 Å². The molecule has 0 radical (unpaired) electrons. The highest BCUT2D eigenvalue weighted by molar-refractivity contribution is 8.76. The second-order valence-corrected chi connectivity index (χ2v) is 14.3. The molecule has 0 aliphatic rings. The third kappa shape index (κ3) is 7.59. The minimum absolute atomic E-state index is 0.179. The first kappa shape index (κ1) is 29.9. The van der Waals surface area contributed by atoms with Crippen LogP contribution in [0.1, 0.15) is 59.4 Å². The number of nitro benzene ring substituents is 2. The molecule has 0 fully saturated rings. The maximum absolute atomic E-state index is 11.2. The molecule has 0 saturated carbocycles. The van der Waals surface area contributed by atoms with Crippen molar-refractivity contribution in [3.63, 3.8) is 0 Å². The molecule has 186 valence electrons. The molecule has 0 aliphatic heterocycles. The average Bonchev–Trinajstić information content (AvgIpc) is 2.75. The minimum Gasteiger partial charge on any atom is -0.258 e. The van der Waals surface area contributed by atoms with Gasteiger partial charge in [-0.15, -0.1) is 0 Å². The van der Waals surface area contributed by atoms with Gasteiger partial charge in [0.05, 0.1) is 9.85 Å². The Kier molecular flexibility index (Phi) is 10.8. The zero-order valence-corrected chi connectivity index (χ0v) is 23.8. The minimum atomic E-state index is -1.86. The number of hydrogen-bond acceptors (Lipinski definition) is 6. The summed E-state index contributed by atoms with van der Waals surface area (Å²) in [5.74, 6) is 0. The molecule has 0 heterocycles. The van der Waals surface area contributed by atoms with Gasteiger partial charge in [-0.1, -0.05) is 117 Å². The smallest absolute Gasteiger partial charge is 0.258 e. The SMILES string of the molecule is CCC(SSC(CC)c1ccc([N+](=O)[O-])cc1C(Cl)(Cl)Cl)c1ccc([N+](=O)[O-])cc1C(Cl)(Cl)Cl. The molecule has 0 N–H and O–H groups in total. The predicted octanol–water partition coefficient (Wildman–Crippen LogP) is 10.1. The largest absolute Gasteiger partial charge is 0.269 e. The van der Waals surface area contributed by atoms with Crippen molar-refractivity contribution < 1.29 is 9.85 Å². The van der Waals surface area contributed by atoms with E-state index in [1.165, 1.54) is 45.9 Å². The van der Waals surface area contributed by atoms with E-state index in [1.807, 2.05) is 13.8 Å². The highest BCUT2D eigenvalue weighted by Gasteiger charge is 2.33. The Morgan fingerprint density at radius 3 is 1.29 bits per heavy atom. The number of rotatable bonds is 9. The van der Waals surface area contributed by atoms with Crippen LogP contribution in [-0.2, 0) is 7.59 Å². The molecule has 0 aromatic heterocycles. The summed E-state index contributed by atoms with van der Waals surface area (Å²) in [6, 6.07) is 8.47. The van der Waals surface area contributed by atoms with Crippen molar-refractivity contribution in [3.8, 4) is 0 Å². The maximum Gasteiger partial charge on any atom is 0.269 e. The lowest BCUT2D eigenvalue weighted by Gasteiger charge is -2.25. The average molecular weight is 627 g/mol. The Morgan fingerprint density at radius 2 is 1.06 bits per heavy atom. The molecule has 2 aromatic carbocycles. The highest BCUT2D eigenvalue weighted by atomic mass is 35.6. The van der Waals surface area contributed by atoms with Gasteiger partial charge < -0.3 is 0 Å². The van der Waals surface area contributed by atoms with Gasteiger partial charge in [0, 0.05) is 45.9 Å². The molecule has 34 heavy (non-hydrogen) atoms. The number of halogens is 6. The van der Waals surface area contributed by atoms with Crippen LogP contribution in [0, 0.1) is 20.2 Å². The Morgan fingerprint density at radius 1 is 0.735 bits per heavy atom. The molecule has 0 bridgehead atoms. The van der Waals surface area contributed by atoms with Crippen LogP contribution in [-0.4, -0.2) is 9.85 Å². The molecule has 0 saturated heterocycles. The molecule has 2 rings (SSSR count). The number of benzene rings is 2. The number of nitro groups is 2. The van der Waals surface area contributed by atoms with E-state index in [-0.39, 0.29) is 33.0 Å². The fraction of sp³-hybridized carbons (Fsp3) is 0.400. The van der Waals surface area contributed by atoms with Crippen LogP contribution in [0.15, 0.2) is 36.4 Å². The van der Waals surface area contributed by atoms with Crippen molar-refractivity contribution in [2.24, 2.45) is 0 Å². The molecular weight excluding hydrogens is 609 g/mol. The van der Waals surface area contributed by atoms with Gasteiger partial charge in [0.1, 0.15) is 0 Å². The summed E-state index contributed by atoms with van der Waals surface area (Å²) in [5.41, 5.74) is 1.43. The predicted molar refractivity (Wildman–Crippen MR) is 146 cm³/mol. The van der Waals surface area contributed by atoms with Crippen LogP contribution in [0.25, 0.3) is 0 Å². The van der Waals surface area contributed by atoms with Crippen LogP contribution in [0.3, 0.4) is 0 Å². The molecule has 2 atom stereocenters. The van der Waals surface area contributed by atoms with Crippen LogP contribution in [0.5, 0.6) is 0 Å². The van der Waals surface area contributed by atoms with E-state index in [9.17, 15) is 20.2 Å². The van der Waals surface area contributed by atoms with E-state index in [4.69, 9.17) is 69.6 Å². The highest BCUT2D eigenvalue weighted by Crippen LogP contribution is 2.54. The van der Waals surface area contributed by atoms with Crippen LogP contribution in [0.4, 0.5) is 11.4 Å². The lowest BCUT2D eigenvalue weighted by molar-refractivity contribution is -0.385. The molecule has 14 heteroatoms. The fourth-order valence-electron chi connectivity index (χ4n) is 3.18. The summed E-state index contributed by atoms with van der Waals surface area (Å²) >= 11 is 36.8. The van der Waals surface area contributed by atoms with Crippen molar-refractivity contribution in [2.75, 3.05) is 0 Å². The monoisotopic (exact) mass is 624 g/mol. The first-order chi connectivity index (χ1) is 15.7. The zero-order chi connectivity index (χ0) is 25.8. The van der Waals surface area contributed by atoms with Crippen molar-refractivity contribution >= 4 is 103 Å². The van der Waals surface area contributed by atoms with Crippen LogP contribution >= 0.6 is 91.2 Å². The summed E-state index contributed by atoms with van der Waals surface area (Å²) in [5, 5.41) is 22.1. The van der Waals surface area contributed by atoms with Gasteiger partial charge in [-0.3, -0.25) is 20.2 Å². The molecule has 0 amide bonds. The number of non-ortho nitro benzene ring substituents is 2. The van der Waals surface area contributed by atoms with E-state index >= 15 is 0 Å². The Labute approximate surface area is 234 Å². The van der Waals surface area contributed by atoms with Crippen LogP contribution in [0.2, 0.25) is 0 Å².